The summed E-state index contributed by atoms with van der Waals surface area (Å²) < 4.78 is 0. The van der Waals surface area contributed by atoms with Crippen LogP contribution in [-0.2, 0) is 9.59 Å². The van der Waals surface area contributed by atoms with E-state index in [0.29, 0.717) is 23.6 Å². The van der Waals surface area contributed by atoms with E-state index in [-0.39, 0.29) is 23.8 Å². The van der Waals surface area contributed by atoms with E-state index in [1.54, 1.807) is 6.07 Å². The Balaban J connectivity index is 2.54. The lowest BCUT2D eigenvalue weighted by atomic mass is 9.81. The van der Waals surface area contributed by atoms with E-state index in [1.807, 2.05) is 19.9 Å². The summed E-state index contributed by atoms with van der Waals surface area (Å²) in [5.41, 5.74) is -0.0792. The van der Waals surface area contributed by atoms with Crippen molar-refractivity contribution in [3.8, 4) is 6.07 Å². The number of imide groups is 1. The minimum atomic E-state index is -0.647. The van der Waals surface area contributed by atoms with E-state index in [2.05, 4.69) is 0 Å². The lowest BCUT2D eigenvalue weighted by Crippen LogP contribution is -2.35. The molecule has 2 amide bonds. The largest absolute Gasteiger partial charge is 0.274 e. The monoisotopic (exact) mass is 290 g/mol. The van der Waals surface area contributed by atoms with Crippen molar-refractivity contribution in [3.05, 3.63) is 28.8 Å². The molecule has 0 bridgehead atoms. The third-order valence-electron chi connectivity index (χ3n) is 4.07. The lowest BCUT2D eigenvalue weighted by molar-refractivity contribution is -0.126. The third-order valence-corrected chi connectivity index (χ3v) is 4.31. The minimum Gasteiger partial charge on any atom is -0.274 e. The third kappa shape index (κ3) is 2.08. The van der Waals surface area contributed by atoms with Gasteiger partial charge in [0.25, 0.3) is 0 Å². The number of amides is 2. The van der Waals surface area contributed by atoms with Crippen LogP contribution >= 0.6 is 11.6 Å². The average molecular weight is 291 g/mol. The fourth-order valence-electron chi connectivity index (χ4n) is 2.63. The molecule has 0 aliphatic carbocycles. The summed E-state index contributed by atoms with van der Waals surface area (Å²) in [6.07, 6.45) is 1.40. The molecule has 0 N–H and O–H groups in total. The zero-order valence-electron chi connectivity index (χ0n) is 11.4. The van der Waals surface area contributed by atoms with E-state index in [1.165, 1.54) is 12.1 Å². The Morgan fingerprint density at radius 1 is 1.35 bits per heavy atom. The van der Waals surface area contributed by atoms with Crippen LogP contribution in [0.25, 0.3) is 0 Å². The van der Waals surface area contributed by atoms with Gasteiger partial charge in [-0.1, -0.05) is 25.4 Å². The summed E-state index contributed by atoms with van der Waals surface area (Å²) in [6.45, 7) is 3.81. The Bertz CT molecular complexity index is 615. The fraction of sp³-hybridized carbons (Fsp3) is 0.400. The Morgan fingerprint density at radius 2 is 2.00 bits per heavy atom. The maximum atomic E-state index is 12.6. The predicted octanol–water partition coefficient (Wildman–Crippen LogP) is 3.28. The first-order chi connectivity index (χ1) is 9.49. The van der Waals surface area contributed by atoms with Crippen molar-refractivity contribution in [1.29, 1.82) is 5.26 Å². The van der Waals surface area contributed by atoms with Crippen molar-refractivity contribution >= 4 is 29.1 Å². The quantitative estimate of drug-likeness (QED) is 0.803. The van der Waals surface area contributed by atoms with Gasteiger partial charge in [0.15, 0.2) is 0 Å². The summed E-state index contributed by atoms with van der Waals surface area (Å²) in [4.78, 5) is 26.0. The minimum absolute atomic E-state index is 0.191. The van der Waals surface area contributed by atoms with Gasteiger partial charge in [-0.2, -0.15) is 5.26 Å². The molecule has 0 aromatic heterocycles. The molecular weight excluding hydrogens is 276 g/mol. The van der Waals surface area contributed by atoms with E-state index in [0.717, 1.165) is 4.90 Å². The number of nitrogens with zero attached hydrogens (tertiary/aromatic N) is 2. The Labute approximate surface area is 122 Å². The molecule has 5 heteroatoms. The predicted molar refractivity (Wildman–Crippen MR) is 76.3 cm³/mol. The van der Waals surface area contributed by atoms with Gasteiger partial charge < -0.3 is 0 Å². The van der Waals surface area contributed by atoms with Gasteiger partial charge in [0.1, 0.15) is 6.07 Å². The second kappa shape index (κ2) is 5.26. The van der Waals surface area contributed by atoms with E-state index < -0.39 is 5.41 Å². The molecule has 0 atom stereocenters. The molecule has 0 unspecified atom stereocenters. The second-order valence-corrected chi connectivity index (χ2v) is 5.41. The summed E-state index contributed by atoms with van der Waals surface area (Å²) in [6, 6.07) is 6.59. The molecule has 1 heterocycles. The maximum absolute atomic E-state index is 12.6. The highest BCUT2D eigenvalue weighted by Crippen LogP contribution is 2.42. The number of hydrogen-bond acceptors (Lipinski definition) is 3. The van der Waals surface area contributed by atoms with Gasteiger partial charge in [-0.05, 0) is 31.0 Å². The number of halogens is 1. The molecule has 104 valence electrons. The first kappa shape index (κ1) is 14.5. The first-order valence-corrected chi connectivity index (χ1v) is 6.94. The summed E-state index contributed by atoms with van der Waals surface area (Å²) >= 11 is 5.93. The van der Waals surface area contributed by atoms with Crippen LogP contribution in [0.3, 0.4) is 0 Å². The first-order valence-electron chi connectivity index (χ1n) is 6.56. The molecule has 4 nitrogen and oxygen atoms in total. The van der Waals surface area contributed by atoms with Gasteiger partial charge >= 0.3 is 0 Å². The second-order valence-electron chi connectivity index (χ2n) is 4.97. The fourth-order valence-corrected chi connectivity index (χ4v) is 2.79. The van der Waals surface area contributed by atoms with Gasteiger partial charge in [0.2, 0.25) is 11.8 Å². The van der Waals surface area contributed by atoms with Crippen LogP contribution in [0, 0.1) is 16.7 Å². The summed E-state index contributed by atoms with van der Waals surface area (Å²) in [7, 11) is 0. The van der Waals surface area contributed by atoms with Crippen molar-refractivity contribution in [3.63, 3.8) is 0 Å². The summed E-state index contributed by atoms with van der Waals surface area (Å²) in [5.74, 6) is -0.497. The molecule has 1 fully saturated rings. The Morgan fingerprint density at radius 3 is 2.50 bits per heavy atom. The number of nitriles is 1. The number of benzene rings is 1. The van der Waals surface area contributed by atoms with E-state index in [9.17, 15) is 9.59 Å². The normalized spacial score (nSPS) is 17.4. The molecule has 0 radical (unpaired) electrons. The maximum Gasteiger partial charge on any atom is 0.240 e. The number of anilines is 1. The van der Waals surface area contributed by atoms with E-state index >= 15 is 0 Å². The van der Waals surface area contributed by atoms with Crippen LogP contribution in [0.4, 0.5) is 5.69 Å². The van der Waals surface area contributed by atoms with Gasteiger partial charge in [-0.15, -0.1) is 0 Å². The topological polar surface area (TPSA) is 61.2 Å². The molecular formula is C15H15ClN2O2. The van der Waals surface area contributed by atoms with Crippen molar-refractivity contribution in [2.75, 3.05) is 4.90 Å². The highest BCUT2D eigenvalue weighted by atomic mass is 35.5. The van der Waals surface area contributed by atoms with Crippen LogP contribution in [-0.4, -0.2) is 11.8 Å². The van der Waals surface area contributed by atoms with Crippen molar-refractivity contribution < 1.29 is 9.59 Å². The van der Waals surface area contributed by atoms with Crippen LogP contribution in [0.5, 0.6) is 0 Å². The molecule has 1 aromatic carbocycles. The molecule has 20 heavy (non-hydrogen) atoms. The van der Waals surface area contributed by atoms with Gasteiger partial charge in [-0.3, -0.25) is 9.59 Å². The number of rotatable bonds is 3. The Kier molecular flexibility index (Phi) is 3.82. The average Bonchev–Trinajstić information content (AvgIpc) is 2.70. The standard InChI is InChI=1S/C15H15ClN2O2/c1-3-15(4-2)8-13(19)18(14(15)20)12-7-11(16)6-5-10(12)9-17/h5-7H,3-4,8H2,1-2H3. The van der Waals surface area contributed by atoms with Crippen molar-refractivity contribution in [1.82, 2.24) is 0 Å². The molecule has 2 rings (SSSR count). The number of hydrogen-bond donors (Lipinski definition) is 0. The number of carbonyl (C=O) groups excluding carboxylic acids is 2. The molecule has 1 aliphatic rings. The smallest absolute Gasteiger partial charge is 0.240 e. The highest BCUT2D eigenvalue weighted by molar-refractivity contribution is 6.31. The summed E-state index contributed by atoms with van der Waals surface area (Å²) in [5, 5.41) is 9.54. The van der Waals surface area contributed by atoms with Gasteiger partial charge in [0, 0.05) is 11.4 Å². The van der Waals surface area contributed by atoms with Crippen LogP contribution in [0.2, 0.25) is 5.02 Å². The van der Waals surface area contributed by atoms with Crippen LogP contribution in [0.1, 0.15) is 38.7 Å². The molecule has 1 saturated heterocycles. The number of carbonyl (C=O) groups is 2. The van der Waals surface area contributed by atoms with Crippen molar-refractivity contribution in [2.24, 2.45) is 5.41 Å². The van der Waals surface area contributed by atoms with Crippen LogP contribution < -0.4 is 4.90 Å². The van der Waals surface area contributed by atoms with Crippen molar-refractivity contribution in [2.45, 2.75) is 33.1 Å². The SMILES string of the molecule is CCC1(CC)CC(=O)N(c2cc(Cl)ccc2C#N)C1=O. The van der Waals surface area contributed by atoms with Gasteiger partial charge in [0.05, 0.1) is 16.7 Å². The highest BCUT2D eigenvalue weighted by Gasteiger charge is 2.50. The molecule has 0 spiro atoms. The molecule has 1 aliphatic heterocycles. The zero-order chi connectivity index (χ0) is 14.9. The molecule has 1 aromatic rings. The van der Waals surface area contributed by atoms with E-state index in [4.69, 9.17) is 16.9 Å². The Hall–Kier alpha value is -1.86. The molecule has 0 saturated carbocycles. The van der Waals surface area contributed by atoms with Gasteiger partial charge in [-0.25, -0.2) is 4.90 Å². The van der Waals surface area contributed by atoms with Crippen LogP contribution in [0.15, 0.2) is 18.2 Å². The zero-order valence-corrected chi connectivity index (χ0v) is 12.2. The lowest BCUT2D eigenvalue weighted by Gasteiger charge is -2.24.